The zero-order valence-electron chi connectivity index (χ0n) is 11.5. The molecule has 20 heavy (non-hydrogen) atoms. The van der Waals surface area contributed by atoms with Crippen molar-refractivity contribution in [1.82, 2.24) is 10.3 Å². The lowest BCUT2D eigenvalue weighted by atomic mass is 10.1. The summed E-state index contributed by atoms with van der Waals surface area (Å²) in [6.07, 6.45) is 1.61. The highest BCUT2D eigenvalue weighted by atomic mass is 16.5. The number of nitrogens with zero attached hydrogens (tertiary/aromatic N) is 1. The van der Waals surface area contributed by atoms with Crippen molar-refractivity contribution in [2.24, 2.45) is 0 Å². The van der Waals surface area contributed by atoms with Gasteiger partial charge in [0.05, 0.1) is 13.2 Å². The van der Waals surface area contributed by atoms with Crippen LogP contribution in [0.1, 0.15) is 18.5 Å². The van der Waals surface area contributed by atoms with Crippen molar-refractivity contribution in [2.75, 3.05) is 12.4 Å². The van der Waals surface area contributed by atoms with Crippen molar-refractivity contribution in [2.45, 2.75) is 13.0 Å². The molecule has 2 amide bonds. The average molecular weight is 271 g/mol. The molecule has 0 spiro atoms. The second kappa shape index (κ2) is 6.56. The number of anilines is 1. The van der Waals surface area contributed by atoms with E-state index in [-0.39, 0.29) is 12.1 Å². The molecular weight excluding hydrogens is 254 g/mol. The third-order valence-corrected chi connectivity index (χ3v) is 2.86. The van der Waals surface area contributed by atoms with E-state index >= 15 is 0 Å². The number of aromatic nitrogens is 1. The Morgan fingerprint density at radius 1 is 1.20 bits per heavy atom. The summed E-state index contributed by atoms with van der Waals surface area (Å²) in [5.41, 5.74) is 1.58. The van der Waals surface area contributed by atoms with Gasteiger partial charge in [0.2, 0.25) is 5.88 Å². The molecule has 2 N–H and O–H groups in total. The summed E-state index contributed by atoms with van der Waals surface area (Å²) in [5, 5.41) is 5.59. The number of pyridine rings is 1. The maximum atomic E-state index is 12.0. The van der Waals surface area contributed by atoms with Crippen LogP contribution in [0.3, 0.4) is 0 Å². The predicted molar refractivity (Wildman–Crippen MR) is 77.8 cm³/mol. The second-order valence-electron chi connectivity index (χ2n) is 4.29. The van der Waals surface area contributed by atoms with Crippen LogP contribution in [-0.4, -0.2) is 18.1 Å². The molecule has 0 aliphatic rings. The van der Waals surface area contributed by atoms with Crippen LogP contribution in [0.5, 0.6) is 5.88 Å². The lowest BCUT2D eigenvalue weighted by molar-refractivity contribution is 0.249. The lowest BCUT2D eigenvalue weighted by Gasteiger charge is -2.15. The number of nitrogens with one attached hydrogen (secondary N) is 2. The van der Waals surface area contributed by atoms with Crippen molar-refractivity contribution in [3.8, 4) is 5.88 Å². The van der Waals surface area contributed by atoms with Gasteiger partial charge in [0, 0.05) is 6.20 Å². The quantitative estimate of drug-likeness (QED) is 0.898. The summed E-state index contributed by atoms with van der Waals surface area (Å²) < 4.78 is 5.08. The third kappa shape index (κ3) is 3.47. The molecular formula is C15H17N3O2. The Morgan fingerprint density at radius 3 is 2.65 bits per heavy atom. The molecule has 1 aromatic carbocycles. The van der Waals surface area contributed by atoms with E-state index < -0.39 is 0 Å². The molecule has 0 saturated heterocycles. The van der Waals surface area contributed by atoms with Crippen molar-refractivity contribution in [3.63, 3.8) is 0 Å². The monoisotopic (exact) mass is 271 g/mol. The molecule has 0 saturated carbocycles. The van der Waals surface area contributed by atoms with Gasteiger partial charge in [-0.15, -0.1) is 0 Å². The smallest absolute Gasteiger partial charge is 0.319 e. The highest BCUT2D eigenvalue weighted by molar-refractivity contribution is 5.90. The van der Waals surface area contributed by atoms with E-state index in [2.05, 4.69) is 15.6 Å². The Balaban J connectivity index is 1.99. The van der Waals surface area contributed by atoms with E-state index in [9.17, 15) is 4.79 Å². The Kier molecular flexibility index (Phi) is 4.55. The summed E-state index contributed by atoms with van der Waals surface area (Å²) in [7, 11) is 1.51. The highest BCUT2D eigenvalue weighted by Crippen LogP contribution is 2.20. The van der Waals surface area contributed by atoms with E-state index in [0.717, 1.165) is 5.56 Å². The van der Waals surface area contributed by atoms with Gasteiger partial charge in [-0.3, -0.25) is 0 Å². The minimum absolute atomic E-state index is 0.0844. The van der Waals surface area contributed by atoms with Crippen molar-refractivity contribution in [3.05, 3.63) is 54.2 Å². The van der Waals surface area contributed by atoms with Gasteiger partial charge in [-0.05, 0) is 24.6 Å². The van der Waals surface area contributed by atoms with E-state index in [1.54, 1.807) is 18.3 Å². The van der Waals surface area contributed by atoms with Crippen LogP contribution >= 0.6 is 0 Å². The predicted octanol–water partition coefficient (Wildman–Crippen LogP) is 2.97. The molecule has 1 atom stereocenters. The first-order chi connectivity index (χ1) is 9.70. The number of amides is 2. The highest BCUT2D eigenvalue weighted by Gasteiger charge is 2.11. The summed E-state index contributed by atoms with van der Waals surface area (Å²) in [5.74, 6) is 0.384. The van der Waals surface area contributed by atoms with E-state index in [0.29, 0.717) is 11.6 Å². The Hall–Kier alpha value is -2.56. The topological polar surface area (TPSA) is 63.2 Å². The number of carbonyl (C=O) groups is 1. The van der Waals surface area contributed by atoms with Crippen LogP contribution < -0.4 is 15.4 Å². The largest absolute Gasteiger partial charge is 0.480 e. The number of benzene rings is 1. The number of hydrogen-bond acceptors (Lipinski definition) is 3. The number of hydrogen-bond donors (Lipinski definition) is 2. The molecule has 2 rings (SSSR count). The molecule has 104 valence electrons. The van der Waals surface area contributed by atoms with Crippen LogP contribution in [-0.2, 0) is 0 Å². The summed E-state index contributed by atoms with van der Waals surface area (Å²) >= 11 is 0. The SMILES string of the molecule is COc1ncccc1NC(=O)N[C@@H](C)c1ccccc1. The van der Waals surface area contributed by atoms with Crippen LogP contribution in [0, 0.1) is 0 Å². The Morgan fingerprint density at radius 2 is 1.95 bits per heavy atom. The van der Waals surface area contributed by atoms with Crippen LogP contribution in [0.25, 0.3) is 0 Å². The summed E-state index contributed by atoms with van der Waals surface area (Å²) in [6, 6.07) is 12.8. The van der Waals surface area contributed by atoms with Gasteiger partial charge >= 0.3 is 6.03 Å². The van der Waals surface area contributed by atoms with Gasteiger partial charge in [0.15, 0.2) is 0 Å². The maximum absolute atomic E-state index is 12.0. The molecule has 0 aliphatic heterocycles. The molecule has 0 radical (unpaired) electrons. The molecule has 0 aliphatic carbocycles. The molecule has 2 aromatic rings. The van der Waals surface area contributed by atoms with Gasteiger partial charge in [0.25, 0.3) is 0 Å². The fraction of sp³-hybridized carbons (Fsp3) is 0.200. The van der Waals surface area contributed by atoms with Gasteiger partial charge < -0.3 is 15.4 Å². The fourth-order valence-corrected chi connectivity index (χ4v) is 1.83. The summed E-state index contributed by atoms with van der Waals surface area (Å²) in [6.45, 7) is 1.93. The molecule has 5 nitrogen and oxygen atoms in total. The average Bonchev–Trinajstić information content (AvgIpc) is 2.48. The molecule has 0 fully saturated rings. The van der Waals surface area contributed by atoms with E-state index in [4.69, 9.17) is 4.74 Å². The lowest BCUT2D eigenvalue weighted by Crippen LogP contribution is -2.31. The standard InChI is InChI=1S/C15H17N3O2/c1-11(12-7-4-3-5-8-12)17-15(19)18-13-9-6-10-16-14(13)20-2/h3-11H,1-2H3,(H2,17,18,19)/t11-/m0/s1. The zero-order chi connectivity index (χ0) is 14.4. The van der Waals surface area contributed by atoms with Crippen molar-refractivity contribution < 1.29 is 9.53 Å². The van der Waals surface area contributed by atoms with Crippen molar-refractivity contribution in [1.29, 1.82) is 0 Å². The van der Waals surface area contributed by atoms with Crippen molar-refractivity contribution >= 4 is 11.7 Å². The summed E-state index contributed by atoms with van der Waals surface area (Å²) in [4.78, 5) is 16.0. The normalized spacial score (nSPS) is 11.5. The molecule has 1 aromatic heterocycles. The van der Waals surface area contributed by atoms with Gasteiger partial charge in [-0.2, -0.15) is 0 Å². The van der Waals surface area contributed by atoms with Gasteiger partial charge in [-0.25, -0.2) is 9.78 Å². The first-order valence-electron chi connectivity index (χ1n) is 6.32. The Bertz CT molecular complexity index is 572. The Labute approximate surface area is 118 Å². The van der Waals surface area contributed by atoms with Gasteiger partial charge in [-0.1, -0.05) is 30.3 Å². The second-order valence-corrected chi connectivity index (χ2v) is 4.29. The van der Waals surface area contributed by atoms with Gasteiger partial charge in [0.1, 0.15) is 5.69 Å². The third-order valence-electron chi connectivity index (χ3n) is 2.86. The fourth-order valence-electron chi connectivity index (χ4n) is 1.83. The number of methoxy groups -OCH3 is 1. The molecule has 0 bridgehead atoms. The van der Waals surface area contributed by atoms with Crippen LogP contribution in [0.4, 0.5) is 10.5 Å². The number of carbonyl (C=O) groups excluding carboxylic acids is 1. The van der Waals surface area contributed by atoms with E-state index in [1.165, 1.54) is 7.11 Å². The molecule has 0 unspecified atom stereocenters. The first-order valence-corrected chi connectivity index (χ1v) is 6.32. The molecule has 1 heterocycles. The van der Waals surface area contributed by atoms with Crippen LogP contribution in [0.2, 0.25) is 0 Å². The number of rotatable bonds is 4. The minimum Gasteiger partial charge on any atom is -0.480 e. The minimum atomic E-state index is -0.298. The zero-order valence-corrected chi connectivity index (χ0v) is 11.5. The first kappa shape index (κ1) is 13.9. The molecule has 5 heteroatoms. The maximum Gasteiger partial charge on any atom is 0.319 e. The number of ether oxygens (including phenoxy) is 1. The number of urea groups is 1. The van der Waals surface area contributed by atoms with E-state index in [1.807, 2.05) is 37.3 Å². The van der Waals surface area contributed by atoms with Crippen LogP contribution in [0.15, 0.2) is 48.7 Å².